The van der Waals surface area contributed by atoms with Crippen LogP contribution in [-0.2, 0) is 19.1 Å². The SMILES string of the molecule is COC1CN(C(=O)COCC(=O)O)CCC1C. The van der Waals surface area contributed by atoms with Gasteiger partial charge in [0.15, 0.2) is 0 Å². The monoisotopic (exact) mass is 245 g/mol. The summed E-state index contributed by atoms with van der Waals surface area (Å²) in [5.41, 5.74) is 0. The van der Waals surface area contributed by atoms with Crippen LogP contribution in [0.25, 0.3) is 0 Å². The van der Waals surface area contributed by atoms with E-state index in [9.17, 15) is 9.59 Å². The lowest BCUT2D eigenvalue weighted by atomic mass is 9.96. The molecule has 0 aromatic rings. The highest BCUT2D eigenvalue weighted by Crippen LogP contribution is 2.19. The van der Waals surface area contributed by atoms with Gasteiger partial charge in [0.05, 0.1) is 6.10 Å². The molecule has 0 aliphatic carbocycles. The predicted octanol–water partition coefficient (Wildman–Crippen LogP) is -0.0290. The van der Waals surface area contributed by atoms with Gasteiger partial charge in [-0.05, 0) is 12.3 Å². The molecular weight excluding hydrogens is 226 g/mol. The highest BCUT2D eigenvalue weighted by atomic mass is 16.5. The van der Waals surface area contributed by atoms with E-state index in [1.54, 1.807) is 12.0 Å². The Labute approximate surface area is 100 Å². The summed E-state index contributed by atoms with van der Waals surface area (Å²) in [7, 11) is 1.63. The van der Waals surface area contributed by atoms with Crippen molar-refractivity contribution in [3.05, 3.63) is 0 Å². The molecule has 0 aromatic heterocycles. The third-order valence-corrected chi connectivity index (χ3v) is 3.00. The van der Waals surface area contributed by atoms with E-state index in [1.807, 2.05) is 0 Å². The first-order valence-corrected chi connectivity index (χ1v) is 5.64. The lowest BCUT2D eigenvalue weighted by Gasteiger charge is -2.36. The quantitative estimate of drug-likeness (QED) is 0.736. The number of aliphatic carboxylic acids is 1. The summed E-state index contributed by atoms with van der Waals surface area (Å²) in [5, 5.41) is 8.38. The van der Waals surface area contributed by atoms with Crippen LogP contribution in [0.15, 0.2) is 0 Å². The molecular formula is C11H19NO5. The average Bonchev–Trinajstić information content (AvgIpc) is 2.29. The summed E-state index contributed by atoms with van der Waals surface area (Å²) in [6.07, 6.45) is 0.940. The fourth-order valence-corrected chi connectivity index (χ4v) is 1.88. The number of carbonyl (C=O) groups is 2. The molecule has 1 aliphatic heterocycles. The third kappa shape index (κ3) is 4.32. The number of piperidine rings is 1. The Bertz CT molecular complexity index is 281. The number of hydrogen-bond acceptors (Lipinski definition) is 4. The molecule has 1 fully saturated rings. The summed E-state index contributed by atoms with van der Waals surface area (Å²) in [6.45, 7) is 2.70. The van der Waals surface area contributed by atoms with Crippen LogP contribution < -0.4 is 0 Å². The van der Waals surface area contributed by atoms with Gasteiger partial charge < -0.3 is 19.5 Å². The number of ether oxygens (including phenoxy) is 2. The van der Waals surface area contributed by atoms with E-state index in [2.05, 4.69) is 6.92 Å². The highest BCUT2D eigenvalue weighted by molar-refractivity contribution is 5.78. The molecule has 1 aliphatic rings. The van der Waals surface area contributed by atoms with E-state index in [0.29, 0.717) is 19.0 Å². The van der Waals surface area contributed by atoms with Crippen LogP contribution in [-0.4, -0.2) is 61.4 Å². The standard InChI is InChI=1S/C11H19NO5/c1-8-3-4-12(5-9(8)16-2)10(13)6-17-7-11(14)15/h8-9H,3-7H2,1-2H3,(H,14,15). The van der Waals surface area contributed by atoms with Crippen molar-refractivity contribution in [1.82, 2.24) is 4.90 Å². The smallest absolute Gasteiger partial charge is 0.329 e. The summed E-state index contributed by atoms with van der Waals surface area (Å²) in [6, 6.07) is 0. The molecule has 0 spiro atoms. The van der Waals surface area contributed by atoms with E-state index >= 15 is 0 Å². The normalized spacial score (nSPS) is 24.7. The van der Waals surface area contributed by atoms with Crippen molar-refractivity contribution in [2.45, 2.75) is 19.4 Å². The van der Waals surface area contributed by atoms with Crippen molar-refractivity contribution < 1.29 is 24.2 Å². The minimum atomic E-state index is -1.07. The van der Waals surface area contributed by atoms with Crippen molar-refractivity contribution in [3.8, 4) is 0 Å². The molecule has 2 atom stereocenters. The summed E-state index contributed by atoms with van der Waals surface area (Å²) in [4.78, 5) is 23.6. The second kappa shape index (κ2) is 6.56. The number of amides is 1. The Kier molecular flexibility index (Phi) is 5.37. The number of rotatable bonds is 5. The molecule has 1 N–H and O–H groups in total. The first kappa shape index (κ1) is 13.9. The van der Waals surface area contributed by atoms with Crippen LogP contribution in [0.3, 0.4) is 0 Å². The number of carboxylic acids is 1. The third-order valence-electron chi connectivity index (χ3n) is 3.00. The lowest BCUT2D eigenvalue weighted by molar-refractivity contribution is -0.147. The fraction of sp³-hybridized carbons (Fsp3) is 0.818. The molecule has 98 valence electrons. The molecule has 1 saturated heterocycles. The average molecular weight is 245 g/mol. The molecule has 0 aromatic carbocycles. The maximum Gasteiger partial charge on any atom is 0.329 e. The summed E-state index contributed by atoms with van der Waals surface area (Å²) < 4.78 is 10.1. The van der Waals surface area contributed by atoms with Crippen molar-refractivity contribution in [2.75, 3.05) is 33.4 Å². The van der Waals surface area contributed by atoms with Crippen molar-refractivity contribution >= 4 is 11.9 Å². The van der Waals surface area contributed by atoms with Crippen LogP contribution in [0.5, 0.6) is 0 Å². The maximum atomic E-state index is 11.7. The molecule has 0 radical (unpaired) electrons. The molecule has 17 heavy (non-hydrogen) atoms. The van der Waals surface area contributed by atoms with E-state index in [4.69, 9.17) is 14.6 Å². The molecule has 6 heteroatoms. The molecule has 1 rings (SSSR count). The zero-order chi connectivity index (χ0) is 12.8. The number of hydrogen-bond donors (Lipinski definition) is 1. The number of methoxy groups -OCH3 is 1. The molecule has 0 saturated carbocycles. The highest BCUT2D eigenvalue weighted by Gasteiger charge is 2.28. The Morgan fingerprint density at radius 2 is 2.12 bits per heavy atom. The largest absolute Gasteiger partial charge is 0.480 e. The van der Waals surface area contributed by atoms with Gasteiger partial charge in [-0.2, -0.15) is 0 Å². The topological polar surface area (TPSA) is 76.1 Å². The van der Waals surface area contributed by atoms with Crippen LogP contribution in [0, 0.1) is 5.92 Å². The van der Waals surface area contributed by atoms with E-state index in [-0.39, 0.29) is 18.6 Å². The first-order chi connectivity index (χ1) is 8.04. The lowest BCUT2D eigenvalue weighted by Crippen LogP contribution is -2.47. The summed E-state index contributed by atoms with van der Waals surface area (Å²) in [5.74, 6) is -0.816. The number of likely N-dealkylation sites (tertiary alicyclic amines) is 1. The van der Waals surface area contributed by atoms with Crippen molar-refractivity contribution in [2.24, 2.45) is 5.92 Å². The Morgan fingerprint density at radius 3 is 2.71 bits per heavy atom. The molecule has 2 unspecified atom stereocenters. The van der Waals surface area contributed by atoms with E-state index in [0.717, 1.165) is 6.42 Å². The van der Waals surface area contributed by atoms with Gasteiger partial charge in [0.25, 0.3) is 0 Å². The second-order valence-corrected chi connectivity index (χ2v) is 4.27. The van der Waals surface area contributed by atoms with Gasteiger partial charge >= 0.3 is 5.97 Å². The molecule has 6 nitrogen and oxygen atoms in total. The minimum absolute atomic E-state index is 0.0483. The van der Waals surface area contributed by atoms with Gasteiger partial charge in [0.1, 0.15) is 13.2 Å². The molecule has 1 amide bonds. The fourth-order valence-electron chi connectivity index (χ4n) is 1.88. The minimum Gasteiger partial charge on any atom is -0.480 e. The van der Waals surface area contributed by atoms with Gasteiger partial charge in [-0.25, -0.2) is 4.79 Å². The number of carbonyl (C=O) groups excluding carboxylic acids is 1. The second-order valence-electron chi connectivity index (χ2n) is 4.27. The first-order valence-electron chi connectivity index (χ1n) is 5.64. The van der Waals surface area contributed by atoms with Gasteiger partial charge in [-0.3, -0.25) is 4.79 Å². The van der Waals surface area contributed by atoms with Crippen molar-refractivity contribution in [3.63, 3.8) is 0 Å². The number of nitrogens with zero attached hydrogens (tertiary/aromatic N) is 1. The predicted molar refractivity (Wildman–Crippen MR) is 59.6 cm³/mol. The zero-order valence-corrected chi connectivity index (χ0v) is 10.2. The van der Waals surface area contributed by atoms with Gasteiger partial charge in [-0.1, -0.05) is 6.92 Å². The molecule has 1 heterocycles. The van der Waals surface area contributed by atoms with Crippen LogP contribution >= 0.6 is 0 Å². The van der Waals surface area contributed by atoms with Gasteiger partial charge in [-0.15, -0.1) is 0 Å². The van der Waals surface area contributed by atoms with Crippen LogP contribution in [0.2, 0.25) is 0 Å². The Hall–Kier alpha value is -1.14. The van der Waals surface area contributed by atoms with Gasteiger partial charge in [0, 0.05) is 20.2 Å². The Morgan fingerprint density at radius 1 is 1.41 bits per heavy atom. The molecule has 0 bridgehead atoms. The summed E-state index contributed by atoms with van der Waals surface area (Å²) >= 11 is 0. The van der Waals surface area contributed by atoms with Crippen LogP contribution in [0.4, 0.5) is 0 Å². The zero-order valence-electron chi connectivity index (χ0n) is 10.2. The number of carboxylic acid groups (broad SMARTS) is 1. The van der Waals surface area contributed by atoms with Crippen LogP contribution in [0.1, 0.15) is 13.3 Å². The van der Waals surface area contributed by atoms with Gasteiger partial charge in [0.2, 0.25) is 5.91 Å². The van der Waals surface area contributed by atoms with E-state index < -0.39 is 12.6 Å². The Balaban J connectivity index is 2.34. The van der Waals surface area contributed by atoms with E-state index in [1.165, 1.54) is 0 Å². The maximum absolute atomic E-state index is 11.7. The van der Waals surface area contributed by atoms with Crippen molar-refractivity contribution in [1.29, 1.82) is 0 Å².